The average Bonchev–Trinajstić information content (AvgIpc) is 2.39. The minimum atomic E-state index is 0.123. The molecule has 1 aromatic rings. The molecule has 1 rings (SSSR count). The molecule has 0 aromatic heterocycles. The van der Waals surface area contributed by atoms with Crippen molar-refractivity contribution in [2.24, 2.45) is 0 Å². The Balaban J connectivity index is 3.08. The lowest BCUT2D eigenvalue weighted by molar-refractivity contribution is 0.112. The van der Waals surface area contributed by atoms with Crippen LogP contribution in [0.25, 0.3) is 0 Å². The van der Waals surface area contributed by atoms with Crippen LogP contribution in [-0.2, 0) is 9.47 Å². The van der Waals surface area contributed by atoms with Crippen molar-refractivity contribution in [3.05, 3.63) is 28.8 Å². The number of nitrogens with zero attached hydrogens (tertiary/aromatic N) is 1. The van der Waals surface area contributed by atoms with Crippen LogP contribution in [-0.4, -0.2) is 46.3 Å². The van der Waals surface area contributed by atoms with E-state index in [0.29, 0.717) is 30.3 Å². The number of ether oxygens (including phenoxy) is 2. The summed E-state index contributed by atoms with van der Waals surface area (Å²) in [6, 6.07) is 5.56. The van der Waals surface area contributed by atoms with Crippen molar-refractivity contribution in [3.8, 4) is 0 Å². The molecule has 0 saturated heterocycles. The third-order valence-electron chi connectivity index (χ3n) is 2.93. The fraction of sp³-hybridized carbons (Fsp3) is 0.500. The summed E-state index contributed by atoms with van der Waals surface area (Å²) < 4.78 is 10.3. The Labute approximate surface area is 119 Å². The Morgan fingerprint density at radius 1 is 1.37 bits per heavy atom. The standard InChI is InChI=1S/C14H20ClNO3/c1-11(10-19-3)16(7-8-18-2)14-6-4-5-13(15)12(14)9-17/h4-6,9,11H,7-8,10H2,1-3H3. The van der Waals surface area contributed by atoms with Gasteiger partial charge in [0.05, 0.1) is 23.8 Å². The smallest absolute Gasteiger partial charge is 0.153 e. The van der Waals surface area contributed by atoms with Crippen molar-refractivity contribution in [1.29, 1.82) is 0 Å². The second-order valence-electron chi connectivity index (χ2n) is 4.28. The van der Waals surface area contributed by atoms with Crippen LogP contribution >= 0.6 is 11.6 Å². The van der Waals surface area contributed by atoms with Gasteiger partial charge in [0.25, 0.3) is 0 Å². The lowest BCUT2D eigenvalue weighted by Crippen LogP contribution is -2.39. The first kappa shape index (κ1) is 16.0. The maximum atomic E-state index is 11.2. The van der Waals surface area contributed by atoms with Crippen molar-refractivity contribution in [2.75, 3.05) is 38.9 Å². The van der Waals surface area contributed by atoms with Gasteiger partial charge in [-0.3, -0.25) is 4.79 Å². The van der Waals surface area contributed by atoms with E-state index in [4.69, 9.17) is 21.1 Å². The van der Waals surface area contributed by atoms with Gasteiger partial charge >= 0.3 is 0 Å². The number of halogens is 1. The Kier molecular flexibility index (Phi) is 6.84. The van der Waals surface area contributed by atoms with Crippen molar-refractivity contribution in [3.63, 3.8) is 0 Å². The highest BCUT2D eigenvalue weighted by atomic mass is 35.5. The topological polar surface area (TPSA) is 38.8 Å². The molecular formula is C14H20ClNO3. The van der Waals surface area contributed by atoms with Crippen LogP contribution < -0.4 is 4.90 Å². The zero-order valence-electron chi connectivity index (χ0n) is 11.6. The number of anilines is 1. The van der Waals surface area contributed by atoms with Gasteiger partial charge in [-0.15, -0.1) is 0 Å². The van der Waals surface area contributed by atoms with E-state index in [-0.39, 0.29) is 6.04 Å². The van der Waals surface area contributed by atoms with E-state index in [1.807, 2.05) is 19.1 Å². The number of carbonyl (C=O) groups is 1. The SMILES string of the molecule is COCCN(c1cccc(Cl)c1C=O)C(C)COC. The highest BCUT2D eigenvalue weighted by Crippen LogP contribution is 2.27. The number of hydrogen-bond donors (Lipinski definition) is 0. The van der Waals surface area contributed by atoms with E-state index < -0.39 is 0 Å². The molecule has 0 aliphatic heterocycles. The summed E-state index contributed by atoms with van der Waals surface area (Å²) in [6.45, 7) is 3.84. The van der Waals surface area contributed by atoms with E-state index >= 15 is 0 Å². The van der Waals surface area contributed by atoms with E-state index in [0.717, 1.165) is 12.0 Å². The van der Waals surface area contributed by atoms with Gasteiger partial charge in [0.15, 0.2) is 6.29 Å². The quantitative estimate of drug-likeness (QED) is 0.688. The van der Waals surface area contributed by atoms with Crippen LogP contribution in [0.4, 0.5) is 5.69 Å². The third kappa shape index (κ3) is 4.20. The van der Waals surface area contributed by atoms with Crippen LogP contribution in [0, 0.1) is 0 Å². The third-order valence-corrected chi connectivity index (χ3v) is 3.26. The average molecular weight is 286 g/mol. The molecule has 106 valence electrons. The van der Waals surface area contributed by atoms with Gasteiger partial charge in [-0.2, -0.15) is 0 Å². The minimum Gasteiger partial charge on any atom is -0.383 e. The van der Waals surface area contributed by atoms with Crippen LogP contribution in [0.1, 0.15) is 17.3 Å². The summed E-state index contributed by atoms with van der Waals surface area (Å²) in [5.41, 5.74) is 1.31. The van der Waals surface area contributed by atoms with Crippen molar-refractivity contribution < 1.29 is 14.3 Å². The van der Waals surface area contributed by atoms with Crippen molar-refractivity contribution >= 4 is 23.6 Å². The van der Waals surface area contributed by atoms with Gasteiger partial charge in [-0.05, 0) is 19.1 Å². The summed E-state index contributed by atoms with van der Waals surface area (Å²) in [5, 5.41) is 0.458. The lowest BCUT2D eigenvalue weighted by atomic mass is 10.1. The molecular weight excluding hydrogens is 266 g/mol. The van der Waals surface area contributed by atoms with Crippen LogP contribution in [0.5, 0.6) is 0 Å². The highest BCUT2D eigenvalue weighted by molar-refractivity contribution is 6.33. The minimum absolute atomic E-state index is 0.123. The van der Waals surface area contributed by atoms with Crippen LogP contribution in [0.2, 0.25) is 5.02 Å². The molecule has 4 nitrogen and oxygen atoms in total. The Morgan fingerprint density at radius 3 is 2.68 bits per heavy atom. The number of rotatable bonds is 8. The van der Waals surface area contributed by atoms with Gasteiger partial charge in [-0.25, -0.2) is 0 Å². The first-order valence-electron chi connectivity index (χ1n) is 6.13. The van der Waals surface area contributed by atoms with Gasteiger partial charge in [0.2, 0.25) is 0 Å². The molecule has 0 aliphatic carbocycles. The fourth-order valence-electron chi connectivity index (χ4n) is 1.99. The number of methoxy groups -OCH3 is 2. The monoisotopic (exact) mass is 285 g/mol. The largest absolute Gasteiger partial charge is 0.383 e. The summed E-state index contributed by atoms with van der Waals surface area (Å²) in [6.07, 6.45) is 0.789. The van der Waals surface area contributed by atoms with Gasteiger partial charge in [0, 0.05) is 32.5 Å². The number of carbonyl (C=O) groups excluding carboxylic acids is 1. The molecule has 1 atom stereocenters. The van der Waals surface area contributed by atoms with Gasteiger partial charge < -0.3 is 14.4 Å². The zero-order chi connectivity index (χ0) is 14.3. The van der Waals surface area contributed by atoms with E-state index in [2.05, 4.69) is 4.90 Å². The summed E-state index contributed by atoms with van der Waals surface area (Å²) in [5.74, 6) is 0. The van der Waals surface area contributed by atoms with E-state index in [1.54, 1.807) is 20.3 Å². The highest BCUT2D eigenvalue weighted by Gasteiger charge is 2.18. The zero-order valence-corrected chi connectivity index (χ0v) is 12.3. The molecule has 19 heavy (non-hydrogen) atoms. The second kappa shape index (κ2) is 8.15. The molecule has 0 fully saturated rings. The molecule has 0 heterocycles. The van der Waals surface area contributed by atoms with E-state index in [1.165, 1.54) is 0 Å². The first-order valence-corrected chi connectivity index (χ1v) is 6.51. The van der Waals surface area contributed by atoms with Crippen molar-refractivity contribution in [2.45, 2.75) is 13.0 Å². The van der Waals surface area contributed by atoms with Crippen LogP contribution in [0.15, 0.2) is 18.2 Å². The molecule has 0 bridgehead atoms. The molecule has 0 N–H and O–H groups in total. The Bertz CT molecular complexity index is 412. The predicted molar refractivity (Wildman–Crippen MR) is 77.4 cm³/mol. The van der Waals surface area contributed by atoms with Gasteiger partial charge in [0.1, 0.15) is 0 Å². The molecule has 5 heteroatoms. The maximum absolute atomic E-state index is 11.2. The molecule has 0 aliphatic rings. The summed E-state index contributed by atoms with van der Waals surface area (Å²) >= 11 is 6.07. The van der Waals surface area contributed by atoms with E-state index in [9.17, 15) is 4.79 Å². The fourth-order valence-corrected chi connectivity index (χ4v) is 2.21. The molecule has 0 spiro atoms. The molecule has 0 amide bonds. The second-order valence-corrected chi connectivity index (χ2v) is 4.69. The Morgan fingerprint density at radius 2 is 2.11 bits per heavy atom. The molecule has 1 unspecified atom stereocenters. The molecule has 1 aromatic carbocycles. The normalized spacial score (nSPS) is 12.2. The lowest BCUT2D eigenvalue weighted by Gasteiger charge is -2.32. The van der Waals surface area contributed by atoms with Crippen molar-refractivity contribution in [1.82, 2.24) is 0 Å². The summed E-state index contributed by atoms with van der Waals surface area (Å²) in [4.78, 5) is 13.3. The first-order chi connectivity index (χ1) is 9.15. The van der Waals surface area contributed by atoms with Crippen LogP contribution in [0.3, 0.4) is 0 Å². The number of aldehydes is 1. The number of hydrogen-bond acceptors (Lipinski definition) is 4. The number of benzene rings is 1. The molecule has 0 radical (unpaired) electrons. The Hall–Kier alpha value is -1.10. The molecule has 0 saturated carbocycles. The predicted octanol–water partition coefficient (Wildman–Crippen LogP) is 2.64. The maximum Gasteiger partial charge on any atom is 0.153 e. The summed E-state index contributed by atoms with van der Waals surface area (Å²) in [7, 11) is 3.31. The van der Waals surface area contributed by atoms with Gasteiger partial charge in [-0.1, -0.05) is 17.7 Å².